The van der Waals surface area contributed by atoms with Gasteiger partial charge in [-0.05, 0) is 32.0 Å². The lowest BCUT2D eigenvalue weighted by molar-refractivity contribution is -0.132. The third-order valence-corrected chi connectivity index (χ3v) is 6.52. The smallest absolute Gasteiger partial charge is 0.301 e. The van der Waals surface area contributed by atoms with E-state index < -0.39 is 17.7 Å². The van der Waals surface area contributed by atoms with Crippen LogP contribution in [0.5, 0.6) is 11.5 Å². The fourth-order valence-corrected chi connectivity index (χ4v) is 4.62. The minimum absolute atomic E-state index is 0.0294. The minimum atomic E-state index is -0.940. The molecule has 4 rings (SSSR count). The number of nitrogens with zero attached hydrogens (tertiary/aromatic N) is 2. The van der Waals surface area contributed by atoms with Crippen LogP contribution in [0.25, 0.3) is 5.76 Å². The lowest BCUT2D eigenvalue weighted by atomic mass is 9.94. The van der Waals surface area contributed by atoms with Crippen LogP contribution in [0.1, 0.15) is 27.7 Å². The SMILES string of the molecule is COc1ccc(OC)c([C@@H]2C(=C(O)c3ccccc3)C(=O)C(=O)N2c2nc(C)c(C)s2)c1. The summed E-state index contributed by atoms with van der Waals surface area (Å²) in [6.45, 7) is 3.75. The van der Waals surface area contributed by atoms with Crippen molar-refractivity contribution >= 4 is 33.9 Å². The maximum Gasteiger partial charge on any atom is 0.301 e. The number of aliphatic hydroxyl groups excluding tert-OH is 1. The Morgan fingerprint density at radius 2 is 1.78 bits per heavy atom. The molecule has 0 bridgehead atoms. The van der Waals surface area contributed by atoms with Crippen molar-refractivity contribution in [2.24, 2.45) is 0 Å². The molecule has 7 nitrogen and oxygen atoms in total. The number of benzene rings is 2. The number of carbonyl (C=O) groups excluding carboxylic acids is 2. The zero-order valence-corrected chi connectivity index (χ0v) is 18.9. The molecule has 8 heteroatoms. The van der Waals surface area contributed by atoms with Gasteiger partial charge in [0.1, 0.15) is 23.3 Å². The Kier molecular flexibility index (Phi) is 5.71. The first-order valence-electron chi connectivity index (χ1n) is 9.89. The van der Waals surface area contributed by atoms with Gasteiger partial charge in [-0.25, -0.2) is 4.98 Å². The molecule has 2 aromatic carbocycles. The summed E-state index contributed by atoms with van der Waals surface area (Å²) < 4.78 is 10.9. The Morgan fingerprint density at radius 1 is 1.06 bits per heavy atom. The number of aliphatic hydroxyl groups is 1. The molecule has 1 saturated heterocycles. The maximum atomic E-state index is 13.2. The van der Waals surface area contributed by atoms with Crippen molar-refractivity contribution in [2.45, 2.75) is 19.9 Å². The van der Waals surface area contributed by atoms with Crippen molar-refractivity contribution in [2.75, 3.05) is 19.1 Å². The normalized spacial score (nSPS) is 17.6. The molecule has 1 amide bonds. The lowest BCUT2D eigenvalue weighted by Gasteiger charge is -2.25. The maximum absolute atomic E-state index is 13.2. The average molecular weight is 451 g/mol. The van der Waals surface area contributed by atoms with Crippen molar-refractivity contribution in [3.63, 3.8) is 0 Å². The van der Waals surface area contributed by atoms with Crippen LogP contribution in [0.3, 0.4) is 0 Å². The molecule has 1 aliphatic rings. The molecular weight excluding hydrogens is 428 g/mol. The molecule has 0 aliphatic carbocycles. The highest BCUT2D eigenvalue weighted by Gasteiger charge is 2.49. The molecule has 1 N–H and O–H groups in total. The van der Waals surface area contributed by atoms with Gasteiger partial charge in [0.25, 0.3) is 5.78 Å². The third-order valence-electron chi connectivity index (χ3n) is 5.45. The summed E-state index contributed by atoms with van der Waals surface area (Å²) >= 11 is 1.31. The number of carbonyl (C=O) groups is 2. The van der Waals surface area contributed by atoms with Crippen molar-refractivity contribution < 1.29 is 24.2 Å². The fourth-order valence-electron chi connectivity index (χ4n) is 3.69. The second-order valence-corrected chi connectivity index (χ2v) is 8.46. The van der Waals surface area contributed by atoms with E-state index in [4.69, 9.17) is 9.47 Å². The number of aryl methyl sites for hydroxylation is 2. The molecule has 0 unspecified atom stereocenters. The largest absolute Gasteiger partial charge is 0.507 e. The van der Waals surface area contributed by atoms with Gasteiger partial charge in [0.05, 0.1) is 25.5 Å². The van der Waals surface area contributed by atoms with Crippen LogP contribution in [0, 0.1) is 13.8 Å². The van der Waals surface area contributed by atoms with E-state index in [0.29, 0.717) is 27.8 Å². The predicted molar refractivity (Wildman–Crippen MR) is 122 cm³/mol. The van der Waals surface area contributed by atoms with Crippen LogP contribution in [0.2, 0.25) is 0 Å². The molecule has 0 saturated carbocycles. The zero-order valence-electron chi connectivity index (χ0n) is 18.1. The van der Waals surface area contributed by atoms with E-state index in [0.717, 1.165) is 10.6 Å². The van der Waals surface area contributed by atoms with Crippen LogP contribution in [0.4, 0.5) is 5.13 Å². The Hall–Kier alpha value is -3.65. The molecule has 3 aromatic rings. The molecule has 2 heterocycles. The molecular formula is C24H22N2O5S. The molecule has 1 atom stereocenters. The summed E-state index contributed by atoms with van der Waals surface area (Å²) in [4.78, 5) is 33.2. The molecule has 0 radical (unpaired) electrons. The monoisotopic (exact) mass is 450 g/mol. The van der Waals surface area contributed by atoms with E-state index in [1.807, 2.05) is 13.8 Å². The molecule has 164 valence electrons. The van der Waals surface area contributed by atoms with Crippen molar-refractivity contribution in [1.29, 1.82) is 0 Å². The van der Waals surface area contributed by atoms with Gasteiger partial charge < -0.3 is 14.6 Å². The summed E-state index contributed by atoms with van der Waals surface area (Å²) in [5, 5.41) is 11.5. The molecule has 32 heavy (non-hydrogen) atoms. The topological polar surface area (TPSA) is 89.0 Å². The average Bonchev–Trinajstić information content (AvgIpc) is 3.28. The van der Waals surface area contributed by atoms with Crippen LogP contribution in [0.15, 0.2) is 54.1 Å². The second kappa shape index (κ2) is 8.47. The quantitative estimate of drug-likeness (QED) is 0.352. The number of methoxy groups -OCH3 is 2. The Balaban J connectivity index is 2.02. The van der Waals surface area contributed by atoms with Crippen molar-refractivity contribution in [3.05, 3.63) is 75.8 Å². The highest BCUT2D eigenvalue weighted by atomic mass is 32.1. The highest BCUT2D eigenvalue weighted by molar-refractivity contribution is 7.16. The molecule has 1 aromatic heterocycles. The van der Waals surface area contributed by atoms with Crippen LogP contribution in [-0.4, -0.2) is 36.0 Å². The number of Topliss-reactive ketones (excluding diaryl/α,β-unsaturated/α-hetero) is 1. The number of anilines is 1. The van der Waals surface area contributed by atoms with Gasteiger partial charge in [0.2, 0.25) is 0 Å². The van der Waals surface area contributed by atoms with E-state index in [9.17, 15) is 14.7 Å². The van der Waals surface area contributed by atoms with Crippen molar-refractivity contribution in [1.82, 2.24) is 4.98 Å². The van der Waals surface area contributed by atoms with E-state index in [1.54, 1.807) is 48.5 Å². The number of aromatic nitrogens is 1. The van der Waals surface area contributed by atoms with E-state index in [1.165, 1.54) is 30.5 Å². The van der Waals surface area contributed by atoms with Gasteiger partial charge in [0.15, 0.2) is 5.13 Å². The molecule has 1 fully saturated rings. The Morgan fingerprint density at radius 3 is 2.38 bits per heavy atom. The predicted octanol–water partition coefficient (Wildman–Crippen LogP) is 4.40. The summed E-state index contributed by atoms with van der Waals surface area (Å²) in [6, 6.07) is 12.9. The van der Waals surface area contributed by atoms with Gasteiger partial charge >= 0.3 is 5.91 Å². The number of amides is 1. The van der Waals surface area contributed by atoms with Gasteiger partial charge in [-0.1, -0.05) is 30.3 Å². The summed E-state index contributed by atoms with van der Waals surface area (Å²) in [6.07, 6.45) is 0. The molecule has 0 spiro atoms. The first-order valence-corrected chi connectivity index (χ1v) is 10.7. The van der Waals surface area contributed by atoms with E-state index in [2.05, 4.69) is 4.98 Å². The number of ketones is 1. The standard InChI is InChI=1S/C24H22N2O5S/c1-13-14(2)32-24(25-13)26-20(17-12-16(30-3)10-11-18(17)31-4)19(22(28)23(26)29)21(27)15-8-6-5-7-9-15/h5-12,20,27H,1-4H3/t20-/m1/s1. The van der Waals surface area contributed by atoms with Crippen LogP contribution in [-0.2, 0) is 9.59 Å². The first kappa shape index (κ1) is 21.6. The van der Waals surface area contributed by atoms with Gasteiger partial charge in [-0.3, -0.25) is 14.5 Å². The number of ether oxygens (including phenoxy) is 2. The van der Waals surface area contributed by atoms with Crippen molar-refractivity contribution in [3.8, 4) is 11.5 Å². The number of hydrogen-bond donors (Lipinski definition) is 1. The lowest BCUT2D eigenvalue weighted by Crippen LogP contribution is -2.29. The van der Waals surface area contributed by atoms with Crippen LogP contribution < -0.4 is 14.4 Å². The van der Waals surface area contributed by atoms with Crippen LogP contribution >= 0.6 is 11.3 Å². The van der Waals surface area contributed by atoms with Gasteiger partial charge in [-0.15, -0.1) is 11.3 Å². The summed E-state index contributed by atoms with van der Waals surface area (Å²) in [7, 11) is 3.03. The Bertz CT molecular complexity index is 1210. The summed E-state index contributed by atoms with van der Waals surface area (Å²) in [5.41, 5.74) is 1.68. The third kappa shape index (κ3) is 3.52. The zero-order chi connectivity index (χ0) is 23.0. The molecule has 1 aliphatic heterocycles. The highest BCUT2D eigenvalue weighted by Crippen LogP contribution is 2.46. The van der Waals surface area contributed by atoms with Gasteiger partial charge in [-0.2, -0.15) is 0 Å². The number of thiazole rings is 1. The number of rotatable bonds is 5. The fraction of sp³-hybridized carbons (Fsp3) is 0.208. The second-order valence-electron chi connectivity index (χ2n) is 7.28. The van der Waals surface area contributed by atoms with E-state index in [-0.39, 0.29) is 11.3 Å². The summed E-state index contributed by atoms with van der Waals surface area (Å²) in [5.74, 6) is -0.826. The van der Waals surface area contributed by atoms with Gasteiger partial charge in [0, 0.05) is 16.0 Å². The number of hydrogen-bond acceptors (Lipinski definition) is 7. The van der Waals surface area contributed by atoms with E-state index >= 15 is 0 Å². The Labute approximate surface area is 189 Å². The first-order chi connectivity index (χ1) is 15.4. The minimum Gasteiger partial charge on any atom is -0.507 e.